The van der Waals surface area contributed by atoms with Crippen molar-refractivity contribution in [2.75, 3.05) is 13.2 Å². The third kappa shape index (κ3) is 3.92. The molecule has 0 aliphatic heterocycles. The van der Waals surface area contributed by atoms with Gasteiger partial charge in [-0.1, -0.05) is 13.8 Å². The summed E-state index contributed by atoms with van der Waals surface area (Å²) in [5, 5.41) is 8.97. The predicted molar refractivity (Wildman–Crippen MR) is 62.4 cm³/mol. The van der Waals surface area contributed by atoms with Crippen LogP contribution in [0.4, 0.5) is 13.2 Å². The molecule has 1 aromatic carbocycles. The summed E-state index contributed by atoms with van der Waals surface area (Å²) < 4.78 is 64.9. The van der Waals surface area contributed by atoms with Gasteiger partial charge in [-0.15, -0.1) is 0 Å². The van der Waals surface area contributed by atoms with Crippen LogP contribution >= 0.6 is 0 Å². The fourth-order valence-electron chi connectivity index (χ4n) is 1.20. The van der Waals surface area contributed by atoms with Crippen molar-refractivity contribution in [1.29, 1.82) is 0 Å². The van der Waals surface area contributed by atoms with Crippen LogP contribution in [0.1, 0.15) is 13.8 Å². The molecule has 1 aromatic rings. The van der Waals surface area contributed by atoms with Crippen LogP contribution < -0.4 is 4.72 Å². The van der Waals surface area contributed by atoms with Gasteiger partial charge in [-0.3, -0.25) is 0 Å². The smallest absolute Gasteiger partial charge is 0.246 e. The van der Waals surface area contributed by atoms with Gasteiger partial charge in [-0.25, -0.2) is 26.3 Å². The average molecular weight is 297 g/mol. The first-order valence-electron chi connectivity index (χ1n) is 5.34. The number of hydrogen-bond donors (Lipinski definition) is 2. The maximum absolute atomic E-state index is 13.4. The minimum Gasteiger partial charge on any atom is -0.396 e. The van der Waals surface area contributed by atoms with E-state index in [1.54, 1.807) is 13.8 Å². The molecule has 0 amide bonds. The molecule has 108 valence electrons. The lowest BCUT2D eigenvalue weighted by Crippen LogP contribution is -2.36. The second kappa shape index (κ2) is 5.48. The minimum atomic E-state index is -4.46. The Hall–Kier alpha value is -1.12. The normalized spacial score (nSPS) is 12.7. The Balaban J connectivity index is 3.09. The lowest BCUT2D eigenvalue weighted by atomic mass is 9.96. The van der Waals surface area contributed by atoms with Gasteiger partial charge in [0.25, 0.3) is 0 Å². The standard InChI is InChI=1S/C11H14F3NO3S/c1-11(2,6-16)5-15-19(17,18)10-8(13)3-7(12)4-9(10)14/h3-4,15-16H,5-6H2,1-2H3. The Labute approximate surface area is 109 Å². The zero-order valence-corrected chi connectivity index (χ0v) is 11.2. The van der Waals surface area contributed by atoms with Crippen LogP contribution in [0.5, 0.6) is 0 Å². The Bertz CT molecular complexity index is 550. The van der Waals surface area contributed by atoms with Crippen LogP contribution in [0.2, 0.25) is 0 Å². The molecule has 0 heterocycles. The molecule has 0 atom stereocenters. The second-order valence-corrected chi connectivity index (χ2v) is 6.55. The van der Waals surface area contributed by atoms with Gasteiger partial charge in [0.2, 0.25) is 10.0 Å². The predicted octanol–water partition coefficient (Wildman–Crippen LogP) is 1.40. The zero-order chi connectivity index (χ0) is 14.8. The van der Waals surface area contributed by atoms with Crippen molar-refractivity contribution in [2.24, 2.45) is 5.41 Å². The van der Waals surface area contributed by atoms with Crippen molar-refractivity contribution < 1.29 is 26.7 Å². The number of halogens is 3. The highest BCUT2D eigenvalue weighted by Gasteiger charge is 2.27. The summed E-state index contributed by atoms with van der Waals surface area (Å²) in [6.07, 6.45) is 0. The van der Waals surface area contributed by atoms with Gasteiger partial charge in [0.05, 0.1) is 0 Å². The summed E-state index contributed by atoms with van der Waals surface area (Å²) in [4.78, 5) is -1.23. The highest BCUT2D eigenvalue weighted by molar-refractivity contribution is 7.89. The second-order valence-electron chi connectivity index (χ2n) is 4.85. The van der Waals surface area contributed by atoms with Crippen LogP contribution in [-0.2, 0) is 10.0 Å². The highest BCUT2D eigenvalue weighted by Crippen LogP contribution is 2.21. The van der Waals surface area contributed by atoms with E-state index < -0.39 is 37.8 Å². The molecular weight excluding hydrogens is 283 g/mol. The van der Waals surface area contributed by atoms with Crippen LogP contribution in [0.15, 0.2) is 17.0 Å². The Morgan fingerprint density at radius 2 is 1.68 bits per heavy atom. The number of hydrogen-bond acceptors (Lipinski definition) is 3. The first-order valence-corrected chi connectivity index (χ1v) is 6.82. The van der Waals surface area contributed by atoms with E-state index in [0.29, 0.717) is 0 Å². The van der Waals surface area contributed by atoms with Crippen molar-refractivity contribution >= 4 is 10.0 Å². The molecule has 19 heavy (non-hydrogen) atoms. The summed E-state index contributed by atoms with van der Waals surface area (Å²) in [5.41, 5.74) is -0.792. The van der Waals surface area contributed by atoms with Crippen LogP contribution in [0, 0.1) is 22.9 Å². The molecule has 0 aliphatic carbocycles. The maximum atomic E-state index is 13.4. The van der Waals surface area contributed by atoms with Gasteiger partial charge < -0.3 is 5.11 Å². The van der Waals surface area contributed by atoms with E-state index >= 15 is 0 Å². The van der Waals surface area contributed by atoms with Gasteiger partial charge in [0.1, 0.15) is 17.5 Å². The number of benzene rings is 1. The third-order valence-electron chi connectivity index (χ3n) is 2.40. The molecule has 8 heteroatoms. The topological polar surface area (TPSA) is 66.4 Å². The number of aliphatic hydroxyl groups is 1. The van der Waals surface area contributed by atoms with Crippen molar-refractivity contribution in [3.05, 3.63) is 29.6 Å². The van der Waals surface area contributed by atoms with E-state index in [2.05, 4.69) is 0 Å². The monoisotopic (exact) mass is 297 g/mol. The SMILES string of the molecule is CC(C)(CO)CNS(=O)(=O)c1c(F)cc(F)cc1F. The Morgan fingerprint density at radius 1 is 1.21 bits per heavy atom. The molecule has 0 aliphatic rings. The first-order chi connectivity index (χ1) is 8.59. The van der Waals surface area contributed by atoms with Gasteiger partial charge in [-0.05, 0) is 0 Å². The van der Waals surface area contributed by atoms with Crippen LogP contribution in [-0.4, -0.2) is 26.7 Å². The van der Waals surface area contributed by atoms with Crippen molar-refractivity contribution in [2.45, 2.75) is 18.7 Å². The molecule has 2 N–H and O–H groups in total. The molecule has 0 aromatic heterocycles. The van der Waals surface area contributed by atoms with Crippen molar-refractivity contribution in [1.82, 2.24) is 4.72 Å². The number of rotatable bonds is 5. The lowest BCUT2D eigenvalue weighted by Gasteiger charge is -2.21. The molecule has 0 unspecified atom stereocenters. The Kier molecular flexibility index (Phi) is 4.59. The highest BCUT2D eigenvalue weighted by atomic mass is 32.2. The van der Waals surface area contributed by atoms with E-state index in [4.69, 9.17) is 5.11 Å². The largest absolute Gasteiger partial charge is 0.396 e. The van der Waals surface area contributed by atoms with E-state index in [9.17, 15) is 21.6 Å². The van der Waals surface area contributed by atoms with Crippen LogP contribution in [0.3, 0.4) is 0 Å². The quantitative estimate of drug-likeness (QED) is 0.863. The molecule has 0 saturated heterocycles. The molecular formula is C11H14F3NO3S. The van der Waals surface area contributed by atoms with Gasteiger partial charge >= 0.3 is 0 Å². The summed E-state index contributed by atoms with van der Waals surface area (Å²) >= 11 is 0. The van der Waals surface area contributed by atoms with E-state index in [1.807, 2.05) is 4.72 Å². The minimum absolute atomic E-state index is 0.220. The van der Waals surface area contributed by atoms with E-state index in [0.717, 1.165) is 0 Å². The molecule has 1 rings (SSSR count). The zero-order valence-electron chi connectivity index (χ0n) is 10.4. The number of nitrogens with one attached hydrogen (secondary N) is 1. The summed E-state index contributed by atoms with van der Waals surface area (Å²) in [6.45, 7) is 2.59. The van der Waals surface area contributed by atoms with Gasteiger partial charge in [-0.2, -0.15) is 0 Å². The van der Waals surface area contributed by atoms with Crippen molar-refractivity contribution in [3.8, 4) is 0 Å². The van der Waals surface area contributed by atoms with Gasteiger partial charge in [0.15, 0.2) is 4.90 Å². The molecule has 0 spiro atoms. The molecule has 0 radical (unpaired) electrons. The maximum Gasteiger partial charge on any atom is 0.246 e. The van der Waals surface area contributed by atoms with Crippen molar-refractivity contribution in [3.63, 3.8) is 0 Å². The van der Waals surface area contributed by atoms with E-state index in [1.165, 1.54) is 0 Å². The number of aliphatic hydroxyl groups excluding tert-OH is 1. The fraction of sp³-hybridized carbons (Fsp3) is 0.455. The molecule has 0 saturated carbocycles. The Morgan fingerprint density at radius 3 is 2.11 bits per heavy atom. The molecule has 4 nitrogen and oxygen atoms in total. The number of sulfonamides is 1. The molecule has 0 bridgehead atoms. The lowest BCUT2D eigenvalue weighted by molar-refractivity contribution is 0.163. The molecule has 0 fully saturated rings. The fourth-order valence-corrected chi connectivity index (χ4v) is 2.56. The van der Waals surface area contributed by atoms with E-state index in [-0.39, 0.29) is 25.3 Å². The summed E-state index contributed by atoms with van der Waals surface area (Å²) in [6, 6.07) is 0.573. The third-order valence-corrected chi connectivity index (χ3v) is 3.85. The van der Waals surface area contributed by atoms with Crippen LogP contribution in [0.25, 0.3) is 0 Å². The summed E-state index contributed by atoms with van der Waals surface area (Å²) in [5.74, 6) is -4.22. The van der Waals surface area contributed by atoms with Gasteiger partial charge in [0, 0.05) is 30.7 Å². The average Bonchev–Trinajstić information content (AvgIpc) is 2.25. The first kappa shape index (κ1) is 15.9. The summed E-state index contributed by atoms with van der Waals surface area (Å²) in [7, 11) is -4.46.